The lowest BCUT2D eigenvalue weighted by Crippen LogP contribution is -2.32. The van der Waals surface area contributed by atoms with Gasteiger partial charge in [0.15, 0.2) is 0 Å². The molecule has 2 N–H and O–H groups in total. The minimum absolute atomic E-state index is 0.103. The molecule has 0 spiro atoms. The Morgan fingerprint density at radius 2 is 1.83 bits per heavy atom. The molecule has 2 rings (SSSR count). The second kappa shape index (κ2) is 2.06. The van der Waals surface area contributed by atoms with Gasteiger partial charge in [-0.05, 0) is 13.3 Å². The Morgan fingerprint density at radius 3 is 2.42 bits per heavy atom. The molecular formula is C8H13N3S. The molecule has 0 unspecified atom stereocenters. The van der Waals surface area contributed by atoms with Crippen molar-refractivity contribution >= 4 is 11.7 Å². The monoisotopic (exact) mass is 183 g/mol. The average molecular weight is 183 g/mol. The lowest BCUT2D eigenvalue weighted by molar-refractivity contribution is 0.380. The largest absolute Gasteiger partial charge is 0.320 e. The van der Waals surface area contributed by atoms with Crippen LogP contribution in [0, 0.1) is 0 Å². The van der Waals surface area contributed by atoms with Crippen molar-refractivity contribution in [3.63, 3.8) is 0 Å². The Kier molecular flexibility index (Phi) is 1.40. The van der Waals surface area contributed by atoms with Gasteiger partial charge in [-0.2, -0.15) is 8.75 Å². The zero-order chi connectivity index (χ0) is 8.98. The molecule has 0 aromatic carbocycles. The number of fused-ring (bicyclic) bond motifs is 1. The number of hydrogen-bond acceptors (Lipinski definition) is 4. The smallest absolute Gasteiger partial charge is 0.0976 e. The Bertz CT molecular complexity index is 285. The summed E-state index contributed by atoms with van der Waals surface area (Å²) in [5, 5.41) is 0. The van der Waals surface area contributed by atoms with Gasteiger partial charge < -0.3 is 5.73 Å². The molecular weight excluding hydrogens is 170 g/mol. The molecule has 1 aliphatic carbocycles. The molecule has 1 aromatic heterocycles. The molecule has 1 atom stereocenters. The number of nitrogens with zero attached hydrogens (tertiary/aromatic N) is 2. The highest BCUT2D eigenvalue weighted by Gasteiger charge is 2.45. The van der Waals surface area contributed by atoms with Crippen molar-refractivity contribution in [3.8, 4) is 0 Å². The molecule has 1 heterocycles. The summed E-state index contributed by atoms with van der Waals surface area (Å²) in [7, 11) is 0. The SMILES string of the molecule is CC1(C)C[C@](C)(N)c2nsnc21. The van der Waals surface area contributed by atoms with Crippen LogP contribution >= 0.6 is 11.7 Å². The van der Waals surface area contributed by atoms with Crippen molar-refractivity contribution in [1.29, 1.82) is 0 Å². The quantitative estimate of drug-likeness (QED) is 0.661. The molecule has 0 saturated heterocycles. The van der Waals surface area contributed by atoms with Gasteiger partial charge in [-0.1, -0.05) is 13.8 Å². The Labute approximate surface area is 76.3 Å². The third-order valence-corrected chi connectivity index (χ3v) is 3.01. The first-order valence-electron chi connectivity index (χ1n) is 4.06. The summed E-state index contributed by atoms with van der Waals surface area (Å²) in [6.07, 6.45) is 0.943. The van der Waals surface area contributed by atoms with Crippen molar-refractivity contribution < 1.29 is 0 Å². The molecule has 0 fully saturated rings. The Balaban J connectivity index is 2.60. The van der Waals surface area contributed by atoms with Crippen LogP contribution in [0.5, 0.6) is 0 Å². The highest BCUT2D eigenvalue weighted by atomic mass is 32.1. The standard InChI is InChI=1S/C8H13N3S/c1-7(2)4-8(3,9)6-5(7)10-12-11-6/h4,9H2,1-3H3/t8-/m0/s1. The zero-order valence-electron chi connectivity index (χ0n) is 7.59. The molecule has 3 nitrogen and oxygen atoms in total. The first-order chi connectivity index (χ1) is 5.43. The first-order valence-corrected chi connectivity index (χ1v) is 4.79. The molecule has 0 aliphatic heterocycles. The van der Waals surface area contributed by atoms with Gasteiger partial charge in [-0.25, -0.2) is 0 Å². The van der Waals surface area contributed by atoms with Gasteiger partial charge in [0.05, 0.1) is 28.7 Å². The van der Waals surface area contributed by atoms with E-state index < -0.39 is 0 Å². The van der Waals surface area contributed by atoms with E-state index in [1.807, 2.05) is 6.92 Å². The van der Waals surface area contributed by atoms with Crippen LogP contribution in [0.2, 0.25) is 0 Å². The van der Waals surface area contributed by atoms with Gasteiger partial charge in [0.1, 0.15) is 0 Å². The maximum atomic E-state index is 6.11. The first kappa shape index (κ1) is 8.13. The fraction of sp³-hybridized carbons (Fsp3) is 0.750. The molecule has 1 aromatic rings. The van der Waals surface area contributed by atoms with Gasteiger partial charge >= 0.3 is 0 Å². The van der Waals surface area contributed by atoms with Gasteiger partial charge in [-0.3, -0.25) is 0 Å². The van der Waals surface area contributed by atoms with Crippen LogP contribution in [-0.4, -0.2) is 8.75 Å². The Hall–Kier alpha value is -0.480. The lowest BCUT2D eigenvalue weighted by Gasteiger charge is -2.21. The van der Waals surface area contributed by atoms with E-state index in [9.17, 15) is 0 Å². The normalized spacial score (nSPS) is 32.0. The van der Waals surface area contributed by atoms with E-state index in [-0.39, 0.29) is 11.0 Å². The van der Waals surface area contributed by atoms with E-state index in [4.69, 9.17) is 5.73 Å². The maximum absolute atomic E-state index is 6.11. The third kappa shape index (κ3) is 0.912. The van der Waals surface area contributed by atoms with Gasteiger partial charge in [0, 0.05) is 5.41 Å². The van der Waals surface area contributed by atoms with Crippen molar-refractivity contribution in [3.05, 3.63) is 11.4 Å². The second-order valence-corrected chi connectivity index (χ2v) is 4.97. The van der Waals surface area contributed by atoms with Crippen LogP contribution in [-0.2, 0) is 11.0 Å². The zero-order valence-corrected chi connectivity index (χ0v) is 8.40. The van der Waals surface area contributed by atoms with Crippen molar-refractivity contribution in [2.75, 3.05) is 0 Å². The maximum Gasteiger partial charge on any atom is 0.0976 e. The summed E-state index contributed by atoms with van der Waals surface area (Å²) in [4.78, 5) is 0. The summed E-state index contributed by atoms with van der Waals surface area (Å²) in [6, 6.07) is 0. The number of rotatable bonds is 0. The van der Waals surface area contributed by atoms with Gasteiger partial charge in [0.2, 0.25) is 0 Å². The summed E-state index contributed by atoms with van der Waals surface area (Å²) in [5.74, 6) is 0. The molecule has 12 heavy (non-hydrogen) atoms. The van der Waals surface area contributed by atoms with Crippen LogP contribution in [0.1, 0.15) is 38.6 Å². The fourth-order valence-electron chi connectivity index (χ4n) is 2.09. The molecule has 0 saturated carbocycles. The number of hydrogen-bond donors (Lipinski definition) is 1. The van der Waals surface area contributed by atoms with Gasteiger partial charge in [-0.15, -0.1) is 0 Å². The van der Waals surface area contributed by atoms with E-state index in [0.717, 1.165) is 17.8 Å². The van der Waals surface area contributed by atoms with Crippen LogP contribution in [0.4, 0.5) is 0 Å². The van der Waals surface area contributed by atoms with Crippen LogP contribution < -0.4 is 5.73 Å². The predicted octanol–water partition coefficient (Wildman–Crippen LogP) is 1.39. The molecule has 0 amide bonds. The lowest BCUT2D eigenvalue weighted by atomic mass is 9.87. The number of nitrogens with two attached hydrogens (primary N) is 1. The van der Waals surface area contributed by atoms with E-state index >= 15 is 0 Å². The molecule has 66 valence electrons. The van der Waals surface area contributed by atoms with E-state index in [1.54, 1.807) is 0 Å². The second-order valence-electron chi connectivity index (χ2n) is 4.44. The van der Waals surface area contributed by atoms with Gasteiger partial charge in [0.25, 0.3) is 0 Å². The van der Waals surface area contributed by atoms with E-state index in [1.165, 1.54) is 11.7 Å². The summed E-state index contributed by atoms with van der Waals surface area (Å²) in [6.45, 7) is 6.37. The Morgan fingerprint density at radius 1 is 1.25 bits per heavy atom. The fourth-order valence-corrected chi connectivity index (χ4v) is 2.93. The molecule has 1 aliphatic rings. The molecule has 0 radical (unpaired) electrons. The van der Waals surface area contributed by atoms with E-state index in [2.05, 4.69) is 22.6 Å². The topological polar surface area (TPSA) is 51.8 Å². The average Bonchev–Trinajstić information content (AvgIpc) is 2.34. The predicted molar refractivity (Wildman–Crippen MR) is 49.1 cm³/mol. The highest BCUT2D eigenvalue weighted by Crippen LogP contribution is 2.45. The van der Waals surface area contributed by atoms with Crippen molar-refractivity contribution in [2.45, 2.75) is 38.1 Å². The molecule has 0 bridgehead atoms. The van der Waals surface area contributed by atoms with Crippen LogP contribution in [0.3, 0.4) is 0 Å². The number of aromatic nitrogens is 2. The highest BCUT2D eigenvalue weighted by molar-refractivity contribution is 6.99. The summed E-state index contributed by atoms with van der Waals surface area (Å²) >= 11 is 1.27. The summed E-state index contributed by atoms with van der Waals surface area (Å²) < 4.78 is 8.55. The summed E-state index contributed by atoms with van der Waals surface area (Å²) in [5.41, 5.74) is 8.04. The van der Waals surface area contributed by atoms with Crippen LogP contribution in [0.25, 0.3) is 0 Å². The van der Waals surface area contributed by atoms with Crippen molar-refractivity contribution in [2.24, 2.45) is 5.73 Å². The van der Waals surface area contributed by atoms with Crippen LogP contribution in [0.15, 0.2) is 0 Å². The minimum Gasteiger partial charge on any atom is -0.320 e. The third-order valence-electron chi connectivity index (χ3n) is 2.48. The van der Waals surface area contributed by atoms with E-state index in [0.29, 0.717) is 0 Å². The molecule has 4 heteroatoms. The van der Waals surface area contributed by atoms with Crippen molar-refractivity contribution in [1.82, 2.24) is 8.75 Å². The minimum atomic E-state index is -0.272.